The van der Waals surface area contributed by atoms with Crippen molar-refractivity contribution in [3.63, 3.8) is 0 Å². The Kier molecular flexibility index (Phi) is 5.40. The summed E-state index contributed by atoms with van der Waals surface area (Å²) < 4.78 is 0. The molecule has 1 atom stereocenters. The third-order valence-electron chi connectivity index (χ3n) is 3.56. The highest BCUT2D eigenvalue weighted by atomic mass is 14.9. The second-order valence-electron chi connectivity index (χ2n) is 6.34. The first-order chi connectivity index (χ1) is 8.41. The van der Waals surface area contributed by atoms with E-state index in [9.17, 15) is 0 Å². The first-order valence-corrected chi connectivity index (χ1v) is 7.20. The van der Waals surface area contributed by atoms with Gasteiger partial charge < -0.3 is 5.32 Å². The van der Waals surface area contributed by atoms with Crippen molar-refractivity contribution in [2.75, 3.05) is 7.05 Å². The van der Waals surface area contributed by atoms with Crippen LogP contribution in [0.1, 0.15) is 63.8 Å². The zero-order chi connectivity index (χ0) is 13.8. The maximum absolute atomic E-state index is 3.46. The molecule has 0 aliphatic rings. The molecule has 0 aromatic heterocycles. The van der Waals surface area contributed by atoms with Gasteiger partial charge in [0, 0.05) is 6.04 Å². The van der Waals surface area contributed by atoms with Crippen molar-refractivity contribution in [2.24, 2.45) is 5.41 Å². The second-order valence-corrected chi connectivity index (χ2v) is 6.34. The molecule has 1 aromatic carbocycles. The van der Waals surface area contributed by atoms with Gasteiger partial charge in [-0.05, 0) is 48.4 Å². The second kappa shape index (κ2) is 6.38. The fourth-order valence-corrected chi connectivity index (χ4v) is 2.54. The Morgan fingerprint density at radius 2 is 1.67 bits per heavy atom. The van der Waals surface area contributed by atoms with Gasteiger partial charge in [0.2, 0.25) is 0 Å². The molecule has 102 valence electrons. The van der Waals surface area contributed by atoms with Crippen molar-refractivity contribution < 1.29 is 0 Å². The van der Waals surface area contributed by atoms with E-state index in [1.165, 1.54) is 16.7 Å². The first-order valence-electron chi connectivity index (χ1n) is 7.20. The predicted molar refractivity (Wildman–Crippen MR) is 81.1 cm³/mol. The van der Waals surface area contributed by atoms with Crippen LogP contribution in [-0.4, -0.2) is 7.05 Å². The van der Waals surface area contributed by atoms with Crippen LogP contribution in [0.3, 0.4) is 0 Å². The molecule has 0 heterocycles. The number of hydrogen-bond acceptors (Lipinski definition) is 1. The average Bonchev–Trinajstić information content (AvgIpc) is 2.34. The lowest BCUT2D eigenvalue weighted by atomic mass is 9.84. The van der Waals surface area contributed by atoms with Gasteiger partial charge in [0.25, 0.3) is 0 Å². The SMILES string of the molecule is CCc1ccc(C(CC(C)(C)C)NC)cc1CC. The van der Waals surface area contributed by atoms with Gasteiger partial charge in [0.05, 0.1) is 0 Å². The van der Waals surface area contributed by atoms with Crippen LogP contribution in [0.4, 0.5) is 0 Å². The summed E-state index contributed by atoms with van der Waals surface area (Å²) in [7, 11) is 2.07. The average molecular weight is 247 g/mol. The molecule has 1 unspecified atom stereocenters. The van der Waals surface area contributed by atoms with E-state index in [2.05, 4.69) is 65.2 Å². The first kappa shape index (κ1) is 15.2. The molecule has 1 heteroatoms. The molecule has 1 rings (SSSR count). The molecule has 0 spiro atoms. The third kappa shape index (κ3) is 4.13. The van der Waals surface area contributed by atoms with Crippen LogP contribution in [0.25, 0.3) is 0 Å². The molecule has 1 aromatic rings. The van der Waals surface area contributed by atoms with Crippen molar-refractivity contribution in [3.8, 4) is 0 Å². The molecule has 18 heavy (non-hydrogen) atoms. The number of aryl methyl sites for hydroxylation is 2. The maximum atomic E-state index is 3.46. The summed E-state index contributed by atoms with van der Waals surface area (Å²) in [6.07, 6.45) is 3.42. The van der Waals surface area contributed by atoms with Gasteiger partial charge in [-0.1, -0.05) is 52.8 Å². The van der Waals surface area contributed by atoms with Crippen LogP contribution in [0.15, 0.2) is 18.2 Å². The molecule has 1 nitrogen and oxygen atoms in total. The topological polar surface area (TPSA) is 12.0 Å². The van der Waals surface area contributed by atoms with E-state index in [4.69, 9.17) is 0 Å². The van der Waals surface area contributed by atoms with E-state index >= 15 is 0 Å². The van der Waals surface area contributed by atoms with Gasteiger partial charge in [-0.2, -0.15) is 0 Å². The number of nitrogens with one attached hydrogen (secondary N) is 1. The van der Waals surface area contributed by atoms with Gasteiger partial charge in [-0.25, -0.2) is 0 Å². The normalized spacial score (nSPS) is 13.7. The molecular weight excluding hydrogens is 218 g/mol. The van der Waals surface area contributed by atoms with Gasteiger partial charge in [0.15, 0.2) is 0 Å². The summed E-state index contributed by atoms with van der Waals surface area (Å²) in [6, 6.07) is 7.46. The van der Waals surface area contributed by atoms with Gasteiger partial charge in [-0.15, -0.1) is 0 Å². The lowest BCUT2D eigenvalue weighted by Crippen LogP contribution is -2.22. The van der Waals surface area contributed by atoms with E-state index in [1.54, 1.807) is 0 Å². The summed E-state index contributed by atoms with van der Waals surface area (Å²) in [4.78, 5) is 0. The highest BCUT2D eigenvalue weighted by molar-refractivity contribution is 5.33. The minimum Gasteiger partial charge on any atom is -0.313 e. The molecule has 0 radical (unpaired) electrons. The van der Waals surface area contributed by atoms with Crippen LogP contribution in [0.5, 0.6) is 0 Å². The summed E-state index contributed by atoms with van der Waals surface area (Å²) >= 11 is 0. The van der Waals surface area contributed by atoms with Crippen LogP contribution < -0.4 is 5.32 Å². The predicted octanol–water partition coefficient (Wildman–Crippen LogP) is 4.51. The van der Waals surface area contributed by atoms with E-state index in [1.807, 2.05) is 0 Å². The molecule has 0 aliphatic heterocycles. The minimum absolute atomic E-state index is 0.351. The zero-order valence-electron chi connectivity index (χ0n) is 12.9. The third-order valence-corrected chi connectivity index (χ3v) is 3.56. The lowest BCUT2D eigenvalue weighted by molar-refractivity contribution is 0.320. The Bertz CT molecular complexity index is 374. The van der Waals surface area contributed by atoms with Crippen LogP contribution in [0, 0.1) is 5.41 Å². The smallest absolute Gasteiger partial charge is 0.0322 e. The van der Waals surface area contributed by atoms with Crippen LogP contribution in [-0.2, 0) is 12.8 Å². The van der Waals surface area contributed by atoms with E-state index < -0.39 is 0 Å². The Morgan fingerprint density at radius 3 is 2.11 bits per heavy atom. The Morgan fingerprint density at radius 1 is 1.06 bits per heavy atom. The fraction of sp³-hybridized carbons (Fsp3) is 0.647. The molecular formula is C17H29N. The molecule has 0 aliphatic carbocycles. The molecule has 0 saturated carbocycles. The molecule has 0 saturated heterocycles. The van der Waals surface area contributed by atoms with E-state index in [0.717, 1.165) is 19.3 Å². The highest BCUT2D eigenvalue weighted by Gasteiger charge is 2.19. The van der Waals surface area contributed by atoms with Gasteiger partial charge in [0.1, 0.15) is 0 Å². The molecule has 0 bridgehead atoms. The number of rotatable bonds is 5. The standard InChI is InChI=1S/C17H29N/c1-7-13-9-10-15(11-14(13)8-2)16(18-6)12-17(3,4)5/h9-11,16,18H,7-8,12H2,1-6H3. The largest absolute Gasteiger partial charge is 0.313 e. The molecule has 1 N–H and O–H groups in total. The Balaban J connectivity index is 3.00. The molecule has 0 fully saturated rings. The fourth-order valence-electron chi connectivity index (χ4n) is 2.54. The summed E-state index contributed by atoms with van der Waals surface area (Å²) in [5, 5.41) is 3.46. The van der Waals surface area contributed by atoms with Gasteiger partial charge in [-0.3, -0.25) is 0 Å². The minimum atomic E-state index is 0.351. The maximum Gasteiger partial charge on any atom is 0.0322 e. The lowest BCUT2D eigenvalue weighted by Gasteiger charge is -2.26. The Labute approximate surface area is 113 Å². The van der Waals surface area contributed by atoms with E-state index in [0.29, 0.717) is 11.5 Å². The van der Waals surface area contributed by atoms with Crippen molar-refractivity contribution >= 4 is 0 Å². The van der Waals surface area contributed by atoms with Crippen molar-refractivity contribution in [3.05, 3.63) is 34.9 Å². The van der Waals surface area contributed by atoms with Crippen molar-refractivity contribution in [1.82, 2.24) is 5.32 Å². The van der Waals surface area contributed by atoms with E-state index in [-0.39, 0.29) is 0 Å². The summed E-state index contributed by atoms with van der Waals surface area (Å²) in [5.74, 6) is 0. The monoisotopic (exact) mass is 247 g/mol. The molecule has 0 amide bonds. The summed E-state index contributed by atoms with van der Waals surface area (Å²) in [5.41, 5.74) is 4.78. The number of benzene rings is 1. The number of hydrogen-bond donors (Lipinski definition) is 1. The Hall–Kier alpha value is -0.820. The van der Waals surface area contributed by atoms with Crippen LogP contribution in [0.2, 0.25) is 0 Å². The quantitative estimate of drug-likeness (QED) is 0.807. The highest BCUT2D eigenvalue weighted by Crippen LogP contribution is 2.30. The summed E-state index contributed by atoms with van der Waals surface area (Å²) in [6.45, 7) is 11.4. The van der Waals surface area contributed by atoms with Crippen LogP contribution >= 0.6 is 0 Å². The zero-order valence-corrected chi connectivity index (χ0v) is 12.9. The van der Waals surface area contributed by atoms with Gasteiger partial charge >= 0.3 is 0 Å². The van der Waals surface area contributed by atoms with Crippen molar-refractivity contribution in [1.29, 1.82) is 0 Å². The van der Waals surface area contributed by atoms with Crippen molar-refractivity contribution in [2.45, 2.75) is 59.9 Å².